The minimum Gasteiger partial charge on any atom is -0.348 e. The van der Waals surface area contributed by atoms with Crippen LogP contribution in [0, 0.1) is 11.3 Å². The third-order valence-electron chi connectivity index (χ3n) is 7.17. The summed E-state index contributed by atoms with van der Waals surface area (Å²) < 4.78 is 0. The van der Waals surface area contributed by atoms with Gasteiger partial charge in [0, 0.05) is 45.5 Å². The Bertz CT molecular complexity index is 937. The van der Waals surface area contributed by atoms with Crippen LogP contribution in [0.2, 0.25) is 0 Å². The topological polar surface area (TPSA) is 53.5 Å². The maximum absolute atomic E-state index is 13.5. The molecule has 2 amide bonds. The molecule has 1 aliphatic carbocycles. The standard InChI is InChI=1S/C27H35N3O2/c1-29(2)26(32)27(14-8-16-30(20-27)25(31)22-10-4-3-5-11-22)18-21-9-6-12-23(17-21)24-13-7-15-28-19-24/h6-7,9,12-13,15,17,19,22H,3-5,8,10-11,14,16,18,20H2,1-2H3. The van der Waals surface area contributed by atoms with Crippen LogP contribution >= 0.6 is 0 Å². The Labute approximate surface area is 191 Å². The van der Waals surface area contributed by atoms with Crippen LogP contribution in [-0.2, 0) is 16.0 Å². The number of pyridine rings is 1. The van der Waals surface area contributed by atoms with Gasteiger partial charge in [-0.15, -0.1) is 0 Å². The number of hydrogen-bond donors (Lipinski definition) is 0. The van der Waals surface area contributed by atoms with Crippen LogP contribution in [0.15, 0.2) is 48.8 Å². The van der Waals surface area contributed by atoms with Gasteiger partial charge in [-0.05, 0) is 54.9 Å². The number of benzene rings is 1. The number of aromatic nitrogens is 1. The van der Waals surface area contributed by atoms with Crippen LogP contribution in [0.4, 0.5) is 0 Å². The third kappa shape index (κ3) is 4.87. The average molecular weight is 434 g/mol. The molecule has 2 fully saturated rings. The van der Waals surface area contributed by atoms with Gasteiger partial charge in [0.1, 0.15) is 0 Å². The Morgan fingerprint density at radius 2 is 1.84 bits per heavy atom. The fraction of sp³-hybridized carbons (Fsp3) is 0.519. The van der Waals surface area contributed by atoms with Crippen molar-refractivity contribution in [1.82, 2.24) is 14.8 Å². The molecule has 0 spiro atoms. The predicted octanol–water partition coefficient (Wildman–Crippen LogP) is 4.57. The van der Waals surface area contributed by atoms with Crippen LogP contribution in [0.3, 0.4) is 0 Å². The van der Waals surface area contributed by atoms with E-state index in [2.05, 4.69) is 35.3 Å². The number of carbonyl (C=O) groups excluding carboxylic acids is 2. The molecule has 1 unspecified atom stereocenters. The summed E-state index contributed by atoms with van der Waals surface area (Å²) in [6, 6.07) is 12.4. The lowest BCUT2D eigenvalue weighted by molar-refractivity contribution is -0.149. The predicted molar refractivity (Wildman–Crippen MR) is 127 cm³/mol. The molecule has 1 aliphatic heterocycles. The minimum atomic E-state index is -0.570. The normalized spacial score (nSPS) is 21.9. The molecule has 170 valence electrons. The number of carbonyl (C=O) groups is 2. The number of hydrogen-bond acceptors (Lipinski definition) is 3. The van der Waals surface area contributed by atoms with Crippen LogP contribution in [-0.4, -0.2) is 53.8 Å². The second-order valence-electron chi connectivity index (χ2n) is 9.80. The van der Waals surface area contributed by atoms with Crippen LogP contribution in [0.1, 0.15) is 50.5 Å². The number of nitrogens with zero attached hydrogens (tertiary/aromatic N) is 3. The Kier molecular flexibility index (Phi) is 6.92. The quantitative estimate of drug-likeness (QED) is 0.694. The lowest BCUT2D eigenvalue weighted by atomic mass is 9.73. The smallest absolute Gasteiger partial charge is 0.230 e. The van der Waals surface area contributed by atoms with Gasteiger partial charge in [-0.25, -0.2) is 0 Å². The molecule has 1 aromatic carbocycles. The van der Waals surface area contributed by atoms with Crippen molar-refractivity contribution >= 4 is 11.8 Å². The SMILES string of the molecule is CN(C)C(=O)C1(Cc2cccc(-c3cccnc3)c2)CCCN(C(=O)C2CCCCC2)C1. The van der Waals surface area contributed by atoms with Crippen molar-refractivity contribution in [2.24, 2.45) is 11.3 Å². The Hall–Kier alpha value is -2.69. The van der Waals surface area contributed by atoms with E-state index in [1.165, 1.54) is 6.42 Å². The first-order valence-electron chi connectivity index (χ1n) is 12.0. The van der Waals surface area contributed by atoms with E-state index in [1.807, 2.05) is 31.3 Å². The molecule has 0 N–H and O–H groups in total. The first kappa shape index (κ1) is 22.5. The summed E-state index contributed by atoms with van der Waals surface area (Å²) in [5.74, 6) is 0.540. The van der Waals surface area contributed by atoms with E-state index in [4.69, 9.17) is 0 Å². The molecule has 2 heterocycles. The molecule has 0 radical (unpaired) electrons. The van der Waals surface area contributed by atoms with E-state index in [9.17, 15) is 9.59 Å². The number of likely N-dealkylation sites (tertiary alicyclic amines) is 1. The highest BCUT2D eigenvalue weighted by Crippen LogP contribution is 2.38. The van der Waals surface area contributed by atoms with Gasteiger partial charge in [0.25, 0.3) is 0 Å². The van der Waals surface area contributed by atoms with Gasteiger partial charge < -0.3 is 9.80 Å². The second-order valence-corrected chi connectivity index (χ2v) is 9.80. The molecular formula is C27H35N3O2. The molecular weight excluding hydrogens is 398 g/mol. The van der Waals surface area contributed by atoms with E-state index >= 15 is 0 Å². The lowest BCUT2D eigenvalue weighted by Gasteiger charge is -2.44. The van der Waals surface area contributed by atoms with Gasteiger partial charge in [0.2, 0.25) is 11.8 Å². The van der Waals surface area contributed by atoms with Crippen molar-refractivity contribution in [3.05, 3.63) is 54.4 Å². The molecule has 1 atom stereocenters. The van der Waals surface area contributed by atoms with Gasteiger partial charge >= 0.3 is 0 Å². The van der Waals surface area contributed by atoms with E-state index < -0.39 is 5.41 Å². The maximum atomic E-state index is 13.5. The monoisotopic (exact) mass is 433 g/mol. The summed E-state index contributed by atoms with van der Waals surface area (Å²) in [6.45, 7) is 1.30. The maximum Gasteiger partial charge on any atom is 0.230 e. The molecule has 5 nitrogen and oxygen atoms in total. The van der Waals surface area contributed by atoms with Crippen LogP contribution in [0.5, 0.6) is 0 Å². The zero-order chi connectivity index (χ0) is 22.6. The molecule has 4 rings (SSSR count). The lowest BCUT2D eigenvalue weighted by Crippen LogP contribution is -2.55. The molecule has 32 heavy (non-hydrogen) atoms. The second kappa shape index (κ2) is 9.85. The van der Waals surface area contributed by atoms with Gasteiger partial charge in [0.05, 0.1) is 5.41 Å². The van der Waals surface area contributed by atoms with Gasteiger partial charge in [-0.1, -0.05) is 49.6 Å². The minimum absolute atomic E-state index is 0.130. The Morgan fingerprint density at radius 1 is 1.06 bits per heavy atom. The molecule has 0 bridgehead atoms. The van der Waals surface area contributed by atoms with Gasteiger partial charge in [0.15, 0.2) is 0 Å². The average Bonchev–Trinajstić information content (AvgIpc) is 2.84. The highest BCUT2D eigenvalue weighted by Gasteiger charge is 2.45. The molecule has 2 aliphatic rings. The van der Waals surface area contributed by atoms with Crippen molar-refractivity contribution in [3.8, 4) is 11.1 Å². The summed E-state index contributed by atoms with van der Waals surface area (Å²) in [7, 11) is 3.66. The first-order chi connectivity index (χ1) is 15.5. The molecule has 2 aromatic rings. The Balaban J connectivity index is 1.59. The summed E-state index contributed by atoms with van der Waals surface area (Å²) in [5.41, 5.74) is 2.74. The molecule has 1 saturated heterocycles. The molecule has 1 aromatic heterocycles. The van der Waals surface area contributed by atoms with Crippen LogP contribution in [0.25, 0.3) is 11.1 Å². The van der Waals surface area contributed by atoms with Crippen molar-refractivity contribution in [2.75, 3.05) is 27.2 Å². The zero-order valence-corrected chi connectivity index (χ0v) is 19.4. The Morgan fingerprint density at radius 3 is 2.56 bits per heavy atom. The van der Waals surface area contributed by atoms with Gasteiger partial charge in [-0.2, -0.15) is 0 Å². The summed E-state index contributed by atoms with van der Waals surface area (Å²) >= 11 is 0. The zero-order valence-electron chi connectivity index (χ0n) is 19.4. The van der Waals surface area contributed by atoms with Crippen LogP contribution < -0.4 is 0 Å². The number of amides is 2. The highest BCUT2D eigenvalue weighted by molar-refractivity contribution is 5.85. The summed E-state index contributed by atoms with van der Waals surface area (Å²) in [4.78, 5) is 34.8. The van der Waals surface area contributed by atoms with E-state index in [-0.39, 0.29) is 17.7 Å². The van der Waals surface area contributed by atoms with E-state index in [1.54, 1.807) is 11.1 Å². The summed E-state index contributed by atoms with van der Waals surface area (Å²) in [6.07, 6.45) is 11.5. The number of piperidine rings is 1. The third-order valence-corrected chi connectivity index (χ3v) is 7.17. The van der Waals surface area contributed by atoms with Crippen molar-refractivity contribution in [2.45, 2.75) is 51.4 Å². The first-order valence-corrected chi connectivity index (χ1v) is 12.0. The van der Waals surface area contributed by atoms with Crippen molar-refractivity contribution in [1.29, 1.82) is 0 Å². The fourth-order valence-corrected chi connectivity index (χ4v) is 5.58. The van der Waals surface area contributed by atoms with Crippen molar-refractivity contribution < 1.29 is 9.59 Å². The summed E-state index contributed by atoms with van der Waals surface area (Å²) in [5, 5.41) is 0. The number of rotatable bonds is 5. The fourth-order valence-electron chi connectivity index (χ4n) is 5.58. The van der Waals surface area contributed by atoms with Crippen molar-refractivity contribution in [3.63, 3.8) is 0 Å². The van der Waals surface area contributed by atoms with E-state index in [0.717, 1.165) is 61.8 Å². The molecule has 5 heteroatoms. The van der Waals surface area contributed by atoms with E-state index in [0.29, 0.717) is 13.0 Å². The molecule has 1 saturated carbocycles. The highest BCUT2D eigenvalue weighted by atomic mass is 16.2. The largest absolute Gasteiger partial charge is 0.348 e. The van der Waals surface area contributed by atoms with Gasteiger partial charge in [-0.3, -0.25) is 14.6 Å².